The Labute approximate surface area is 181 Å². The fourth-order valence-corrected chi connectivity index (χ4v) is 3.63. The standard InChI is InChI=1S/C23H17BrFN3O2/c24-18-10-6-15(7-11-18)14-28-21(16-4-2-1-3-5-16)20(23(30)27-28)26-22(29)17-8-12-19(25)13-9-17/h1-14,20-21H,(H-,26,27,29,30)/p+1/b28-14-/t20-,21-/m0/s1. The lowest BCUT2D eigenvalue weighted by molar-refractivity contribution is -0.596. The summed E-state index contributed by atoms with van der Waals surface area (Å²) in [5, 5.41) is 2.80. The van der Waals surface area contributed by atoms with Crippen molar-refractivity contribution in [2.45, 2.75) is 12.1 Å². The zero-order valence-corrected chi connectivity index (χ0v) is 17.3. The predicted molar refractivity (Wildman–Crippen MR) is 115 cm³/mol. The third kappa shape index (κ3) is 4.31. The first kappa shape index (κ1) is 20.0. The lowest BCUT2D eigenvalue weighted by Gasteiger charge is -2.14. The minimum atomic E-state index is -0.823. The van der Waals surface area contributed by atoms with Gasteiger partial charge >= 0.3 is 5.91 Å². The molecule has 150 valence electrons. The van der Waals surface area contributed by atoms with Crippen molar-refractivity contribution in [2.75, 3.05) is 0 Å². The average molecular weight is 467 g/mol. The maximum Gasteiger partial charge on any atom is 0.304 e. The van der Waals surface area contributed by atoms with Gasteiger partial charge in [-0.05, 0) is 48.5 Å². The summed E-state index contributed by atoms with van der Waals surface area (Å²) in [6.45, 7) is 0. The van der Waals surface area contributed by atoms with Gasteiger partial charge in [0.25, 0.3) is 5.91 Å². The summed E-state index contributed by atoms with van der Waals surface area (Å²) < 4.78 is 15.8. The molecule has 0 aliphatic carbocycles. The summed E-state index contributed by atoms with van der Waals surface area (Å²) in [5.74, 6) is -1.20. The molecule has 2 N–H and O–H groups in total. The van der Waals surface area contributed by atoms with Crippen LogP contribution >= 0.6 is 15.9 Å². The molecule has 0 spiro atoms. The summed E-state index contributed by atoms with van der Waals surface area (Å²) in [6.07, 6.45) is 1.83. The van der Waals surface area contributed by atoms with Crippen molar-refractivity contribution in [3.8, 4) is 0 Å². The molecule has 7 heteroatoms. The molecule has 3 aromatic rings. The quantitative estimate of drug-likeness (QED) is 0.577. The SMILES string of the molecule is O=C(N[C@@H]1C(=O)N/[N+](=C\c2ccc(Br)cc2)[C@H]1c1ccccc1)c1ccc(F)cc1. The first-order chi connectivity index (χ1) is 14.5. The van der Waals surface area contributed by atoms with E-state index in [0.29, 0.717) is 0 Å². The Hall–Kier alpha value is -3.32. The van der Waals surface area contributed by atoms with Crippen LogP contribution in [-0.4, -0.2) is 28.8 Å². The second-order valence-corrected chi connectivity index (χ2v) is 7.79. The molecule has 4 rings (SSSR count). The van der Waals surface area contributed by atoms with Gasteiger partial charge in [-0.2, -0.15) is 0 Å². The monoisotopic (exact) mass is 466 g/mol. The first-order valence-corrected chi connectivity index (χ1v) is 10.1. The van der Waals surface area contributed by atoms with E-state index in [1.165, 1.54) is 24.3 Å². The van der Waals surface area contributed by atoms with Crippen LogP contribution in [0, 0.1) is 5.82 Å². The van der Waals surface area contributed by atoms with Gasteiger partial charge in [0.2, 0.25) is 12.3 Å². The van der Waals surface area contributed by atoms with Gasteiger partial charge in [0.05, 0.1) is 0 Å². The summed E-state index contributed by atoms with van der Waals surface area (Å²) in [5.41, 5.74) is 4.88. The summed E-state index contributed by atoms with van der Waals surface area (Å²) in [6, 6.07) is 21.1. The number of halogens is 2. The molecule has 1 fully saturated rings. The minimum absolute atomic E-state index is 0.284. The highest BCUT2D eigenvalue weighted by Crippen LogP contribution is 2.25. The van der Waals surface area contributed by atoms with Crippen LogP contribution in [0.1, 0.15) is 27.5 Å². The van der Waals surface area contributed by atoms with Crippen LogP contribution in [0.15, 0.2) is 83.3 Å². The molecule has 0 saturated carbocycles. The third-order valence-corrected chi connectivity index (χ3v) is 5.36. The Morgan fingerprint density at radius 2 is 1.67 bits per heavy atom. The number of hydrazone groups is 1. The summed E-state index contributed by atoms with van der Waals surface area (Å²) in [4.78, 5) is 25.5. The van der Waals surface area contributed by atoms with E-state index in [9.17, 15) is 14.0 Å². The van der Waals surface area contributed by atoms with Crippen LogP contribution in [0.2, 0.25) is 0 Å². The van der Waals surface area contributed by atoms with Gasteiger partial charge in [0.15, 0.2) is 6.04 Å². The molecule has 0 unspecified atom stereocenters. The Morgan fingerprint density at radius 1 is 1.00 bits per heavy atom. The number of rotatable bonds is 4. The Bertz CT molecular complexity index is 1100. The molecule has 2 amide bonds. The Kier molecular flexibility index (Phi) is 5.72. The van der Waals surface area contributed by atoms with E-state index in [2.05, 4.69) is 26.7 Å². The Morgan fingerprint density at radius 3 is 2.33 bits per heavy atom. The maximum absolute atomic E-state index is 13.2. The predicted octanol–water partition coefficient (Wildman–Crippen LogP) is 3.60. The molecule has 1 aliphatic heterocycles. The van der Waals surface area contributed by atoms with Crippen molar-refractivity contribution in [1.82, 2.24) is 10.7 Å². The zero-order valence-electron chi connectivity index (χ0n) is 15.8. The average Bonchev–Trinajstić information content (AvgIpc) is 3.05. The van der Waals surface area contributed by atoms with Gasteiger partial charge < -0.3 is 5.32 Å². The van der Waals surface area contributed by atoms with E-state index in [-0.39, 0.29) is 11.5 Å². The van der Waals surface area contributed by atoms with Gasteiger partial charge in [-0.25, -0.2) is 4.39 Å². The van der Waals surface area contributed by atoms with Crippen molar-refractivity contribution in [1.29, 1.82) is 0 Å². The molecule has 1 heterocycles. The molecule has 0 aromatic heterocycles. The van der Waals surface area contributed by atoms with Gasteiger partial charge in [-0.3, -0.25) is 9.59 Å². The largest absolute Gasteiger partial charge is 0.334 e. The van der Waals surface area contributed by atoms with Crippen molar-refractivity contribution in [3.05, 3.63) is 106 Å². The van der Waals surface area contributed by atoms with Crippen LogP contribution in [0.3, 0.4) is 0 Å². The molecule has 30 heavy (non-hydrogen) atoms. The molecular weight excluding hydrogens is 449 g/mol. The maximum atomic E-state index is 13.2. The van der Waals surface area contributed by atoms with Crippen LogP contribution in [-0.2, 0) is 4.79 Å². The van der Waals surface area contributed by atoms with Crippen molar-refractivity contribution >= 4 is 34.0 Å². The number of hydrogen-bond acceptors (Lipinski definition) is 2. The smallest absolute Gasteiger partial charge is 0.304 e. The number of carbonyl (C=O) groups is 2. The Balaban J connectivity index is 1.68. The van der Waals surface area contributed by atoms with E-state index in [1.54, 1.807) is 4.68 Å². The third-order valence-electron chi connectivity index (χ3n) is 4.83. The fourth-order valence-electron chi connectivity index (χ4n) is 3.37. The highest BCUT2D eigenvalue weighted by molar-refractivity contribution is 9.10. The molecule has 3 aromatic carbocycles. The zero-order chi connectivity index (χ0) is 21.1. The van der Waals surface area contributed by atoms with E-state index in [1.807, 2.05) is 60.8 Å². The molecule has 0 radical (unpaired) electrons. The number of hydrogen-bond donors (Lipinski definition) is 2. The van der Waals surface area contributed by atoms with Crippen molar-refractivity contribution < 1.29 is 18.7 Å². The van der Waals surface area contributed by atoms with Crippen molar-refractivity contribution in [3.63, 3.8) is 0 Å². The van der Waals surface area contributed by atoms with Crippen LogP contribution in [0.25, 0.3) is 0 Å². The van der Waals surface area contributed by atoms with Gasteiger partial charge in [0.1, 0.15) is 5.82 Å². The number of nitrogens with one attached hydrogen (secondary N) is 2. The molecule has 5 nitrogen and oxygen atoms in total. The first-order valence-electron chi connectivity index (χ1n) is 9.32. The van der Waals surface area contributed by atoms with Crippen LogP contribution in [0.4, 0.5) is 4.39 Å². The van der Waals surface area contributed by atoms with Crippen LogP contribution < -0.4 is 10.7 Å². The number of hydrazine groups is 1. The molecular formula is C23H18BrFN3O2+. The highest BCUT2D eigenvalue weighted by Gasteiger charge is 2.47. The topological polar surface area (TPSA) is 61.2 Å². The molecule has 1 saturated heterocycles. The fraction of sp³-hybridized carbons (Fsp3) is 0.0870. The second-order valence-electron chi connectivity index (χ2n) is 6.88. The highest BCUT2D eigenvalue weighted by atomic mass is 79.9. The number of nitrogens with zero attached hydrogens (tertiary/aromatic N) is 1. The van der Waals surface area contributed by atoms with Gasteiger partial charge in [0, 0.05) is 21.2 Å². The lowest BCUT2D eigenvalue weighted by Crippen LogP contribution is -2.42. The van der Waals surface area contributed by atoms with E-state index in [4.69, 9.17) is 0 Å². The second kappa shape index (κ2) is 8.59. The summed E-state index contributed by atoms with van der Waals surface area (Å²) in [7, 11) is 0. The molecule has 2 atom stereocenters. The number of amides is 2. The van der Waals surface area contributed by atoms with Gasteiger partial charge in [-0.15, -0.1) is 10.1 Å². The number of benzene rings is 3. The van der Waals surface area contributed by atoms with Gasteiger partial charge in [-0.1, -0.05) is 46.3 Å². The van der Waals surface area contributed by atoms with E-state index in [0.717, 1.165) is 15.6 Å². The summed E-state index contributed by atoms with van der Waals surface area (Å²) >= 11 is 3.41. The van der Waals surface area contributed by atoms with E-state index < -0.39 is 23.8 Å². The van der Waals surface area contributed by atoms with E-state index >= 15 is 0 Å². The number of carbonyl (C=O) groups excluding carboxylic acids is 2. The normalized spacial score (nSPS) is 19.5. The molecule has 1 aliphatic rings. The van der Waals surface area contributed by atoms with Crippen molar-refractivity contribution in [2.24, 2.45) is 0 Å². The molecule has 0 bridgehead atoms. The minimum Gasteiger partial charge on any atom is -0.334 e. The lowest BCUT2D eigenvalue weighted by atomic mass is 10.00. The van der Waals surface area contributed by atoms with Crippen LogP contribution in [0.5, 0.6) is 0 Å².